The molecular formula is C35H29N3O4. The molecule has 2 atom stereocenters. The Kier molecular flexibility index (Phi) is 6.32. The van der Waals surface area contributed by atoms with Crippen LogP contribution in [0.1, 0.15) is 70.1 Å². The summed E-state index contributed by atoms with van der Waals surface area (Å²) in [4.78, 5) is 50.5. The van der Waals surface area contributed by atoms with Crippen molar-refractivity contribution in [1.82, 2.24) is 15.8 Å². The first-order valence-corrected chi connectivity index (χ1v) is 14.4. The van der Waals surface area contributed by atoms with Gasteiger partial charge in [-0.3, -0.25) is 24.2 Å². The number of Topliss-reactive ketones (excluding diaryl/α,β-unsaturated/α-hetero) is 2. The zero-order valence-electron chi connectivity index (χ0n) is 23.1. The summed E-state index contributed by atoms with van der Waals surface area (Å²) in [6.07, 6.45) is 13.6. The van der Waals surface area contributed by atoms with E-state index in [2.05, 4.69) is 17.7 Å². The van der Waals surface area contributed by atoms with E-state index in [1.54, 1.807) is 11.1 Å². The van der Waals surface area contributed by atoms with E-state index >= 15 is 0 Å². The lowest BCUT2D eigenvalue weighted by atomic mass is 9.85. The van der Waals surface area contributed by atoms with Crippen LogP contribution in [0.25, 0.3) is 0 Å². The summed E-state index contributed by atoms with van der Waals surface area (Å²) in [5, 5.41) is 4.59. The number of amides is 2. The standard InChI is InChI=1S/C19H18N2O2.C16H11NO2/c1-2-11-20-21-17-13-8-4-5-9-14(13)18(22)16(17)12-7-3-6-10-15(12)19(21)23;18-15-11-7-3-2-6-10(11)14-13(15)9-5-1-4-8-12(9)16(19)17-14/h3-6,8-10,17,20H,2,7,11H2,1H3;1-4,6-8,14H,5H2,(H,17,19). The first-order valence-electron chi connectivity index (χ1n) is 14.4. The summed E-state index contributed by atoms with van der Waals surface area (Å²) in [5.41, 5.74) is 11.0. The van der Waals surface area contributed by atoms with Crippen LogP contribution in [0.2, 0.25) is 0 Å². The van der Waals surface area contributed by atoms with Gasteiger partial charge >= 0.3 is 0 Å². The predicted octanol–water partition coefficient (Wildman–Crippen LogP) is 5.10. The molecule has 7 heteroatoms. The maximum absolute atomic E-state index is 12.9. The minimum atomic E-state index is -0.309. The number of hydrazine groups is 1. The summed E-state index contributed by atoms with van der Waals surface area (Å²) >= 11 is 0. The van der Waals surface area contributed by atoms with Gasteiger partial charge in [-0.2, -0.15) is 0 Å². The molecule has 2 heterocycles. The van der Waals surface area contributed by atoms with Crippen LogP contribution in [0.4, 0.5) is 0 Å². The van der Waals surface area contributed by atoms with Gasteiger partial charge in [0.1, 0.15) is 6.04 Å². The Morgan fingerprint density at radius 3 is 2.10 bits per heavy atom. The van der Waals surface area contributed by atoms with Gasteiger partial charge in [-0.05, 0) is 53.7 Å². The third-order valence-electron chi connectivity index (χ3n) is 8.57. The predicted molar refractivity (Wildman–Crippen MR) is 158 cm³/mol. The SMILES string of the molecule is CCCNN1C(=O)C2=CC=CCC2=C2C(=O)c3ccccc3C21.O=C1NC2C(=C3CC=CC=C13)C(=O)c1ccccc12. The molecular weight excluding hydrogens is 526 g/mol. The highest BCUT2D eigenvalue weighted by molar-refractivity contribution is 6.19. The molecule has 2 amide bonds. The highest BCUT2D eigenvalue weighted by Crippen LogP contribution is 2.47. The number of hydrogen-bond acceptors (Lipinski definition) is 5. The average Bonchev–Trinajstić information content (AvgIpc) is 3.49. The van der Waals surface area contributed by atoms with Crippen LogP contribution < -0.4 is 10.7 Å². The molecule has 4 aliphatic carbocycles. The van der Waals surface area contributed by atoms with Gasteiger partial charge in [-0.15, -0.1) is 0 Å². The Labute approximate surface area is 243 Å². The summed E-state index contributed by atoms with van der Waals surface area (Å²) in [6.45, 7) is 2.75. The fourth-order valence-corrected chi connectivity index (χ4v) is 6.68. The number of rotatable bonds is 3. The second kappa shape index (κ2) is 10.2. The summed E-state index contributed by atoms with van der Waals surface area (Å²) in [7, 11) is 0. The van der Waals surface area contributed by atoms with E-state index in [9.17, 15) is 19.2 Å². The second-order valence-corrected chi connectivity index (χ2v) is 10.9. The molecule has 42 heavy (non-hydrogen) atoms. The number of allylic oxidation sites excluding steroid dienone is 6. The third kappa shape index (κ3) is 3.84. The van der Waals surface area contributed by atoms with Crippen molar-refractivity contribution in [2.24, 2.45) is 0 Å². The van der Waals surface area contributed by atoms with Crippen molar-refractivity contribution in [2.75, 3.05) is 6.54 Å². The zero-order chi connectivity index (χ0) is 29.0. The zero-order valence-corrected chi connectivity index (χ0v) is 23.1. The number of carbonyl (C=O) groups is 4. The molecule has 2 aliphatic heterocycles. The quantitative estimate of drug-likeness (QED) is 0.550. The number of fused-ring (bicyclic) bond motifs is 8. The first kappa shape index (κ1) is 26.0. The van der Waals surface area contributed by atoms with E-state index in [-0.39, 0.29) is 35.5 Å². The third-order valence-corrected chi connectivity index (χ3v) is 8.57. The van der Waals surface area contributed by atoms with Crippen LogP contribution in [-0.2, 0) is 9.59 Å². The van der Waals surface area contributed by atoms with Gasteiger partial charge in [0.15, 0.2) is 11.6 Å². The molecule has 2 N–H and O–H groups in total. The van der Waals surface area contributed by atoms with Crippen molar-refractivity contribution in [3.63, 3.8) is 0 Å². The van der Waals surface area contributed by atoms with Crippen LogP contribution in [-0.4, -0.2) is 34.9 Å². The second-order valence-electron chi connectivity index (χ2n) is 10.9. The Morgan fingerprint density at radius 2 is 1.38 bits per heavy atom. The summed E-state index contributed by atoms with van der Waals surface area (Å²) < 4.78 is 0. The number of benzene rings is 2. The Balaban J connectivity index is 0.000000139. The minimum absolute atomic E-state index is 0.0453. The molecule has 0 aromatic heterocycles. The van der Waals surface area contributed by atoms with E-state index in [1.165, 1.54) is 0 Å². The van der Waals surface area contributed by atoms with Crippen molar-refractivity contribution in [3.8, 4) is 0 Å². The van der Waals surface area contributed by atoms with Crippen molar-refractivity contribution < 1.29 is 19.2 Å². The molecule has 2 aromatic rings. The maximum Gasteiger partial charge on any atom is 0.269 e. The van der Waals surface area contributed by atoms with E-state index < -0.39 is 0 Å². The molecule has 0 bridgehead atoms. The summed E-state index contributed by atoms with van der Waals surface area (Å²) in [6, 6.07) is 14.5. The fourth-order valence-electron chi connectivity index (χ4n) is 6.68. The smallest absolute Gasteiger partial charge is 0.269 e. The Morgan fingerprint density at radius 1 is 0.786 bits per heavy atom. The average molecular weight is 556 g/mol. The van der Waals surface area contributed by atoms with Gasteiger partial charge in [-0.25, -0.2) is 5.43 Å². The van der Waals surface area contributed by atoms with E-state index in [4.69, 9.17) is 0 Å². The largest absolute Gasteiger partial charge is 0.341 e. The molecule has 2 unspecified atom stereocenters. The van der Waals surface area contributed by atoms with E-state index in [1.807, 2.05) is 78.9 Å². The van der Waals surface area contributed by atoms with Crippen LogP contribution >= 0.6 is 0 Å². The lowest BCUT2D eigenvalue weighted by Crippen LogP contribution is -2.49. The molecule has 0 radical (unpaired) electrons. The van der Waals surface area contributed by atoms with Gasteiger partial charge in [-0.1, -0.05) is 79.8 Å². The monoisotopic (exact) mass is 555 g/mol. The molecule has 0 saturated carbocycles. The molecule has 6 aliphatic rings. The molecule has 0 saturated heterocycles. The highest BCUT2D eigenvalue weighted by Gasteiger charge is 2.47. The lowest BCUT2D eigenvalue weighted by Gasteiger charge is -2.37. The van der Waals surface area contributed by atoms with Gasteiger partial charge in [0, 0.05) is 40.0 Å². The fraction of sp³-hybridized carbons (Fsp3) is 0.200. The van der Waals surface area contributed by atoms with E-state index in [0.29, 0.717) is 41.7 Å². The van der Waals surface area contributed by atoms with Gasteiger partial charge in [0.2, 0.25) is 0 Å². The Hall–Kier alpha value is -4.88. The van der Waals surface area contributed by atoms with Gasteiger partial charge < -0.3 is 5.32 Å². The number of nitrogens with one attached hydrogen (secondary N) is 2. The Bertz CT molecular complexity index is 1780. The van der Waals surface area contributed by atoms with Crippen LogP contribution in [0.15, 0.2) is 118 Å². The highest BCUT2D eigenvalue weighted by atomic mass is 16.2. The molecule has 0 fully saturated rings. The van der Waals surface area contributed by atoms with E-state index in [0.717, 1.165) is 39.8 Å². The maximum atomic E-state index is 12.9. The van der Waals surface area contributed by atoms with Crippen LogP contribution in [0.5, 0.6) is 0 Å². The minimum Gasteiger partial charge on any atom is -0.341 e. The molecule has 2 aromatic carbocycles. The topological polar surface area (TPSA) is 95.6 Å². The van der Waals surface area contributed by atoms with Crippen molar-refractivity contribution in [2.45, 2.75) is 38.3 Å². The lowest BCUT2D eigenvalue weighted by molar-refractivity contribution is -0.132. The van der Waals surface area contributed by atoms with Gasteiger partial charge in [0.05, 0.1) is 6.04 Å². The molecule has 208 valence electrons. The van der Waals surface area contributed by atoms with Crippen molar-refractivity contribution >= 4 is 23.4 Å². The van der Waals surface area contributed by atoms with Crippen LogP contribution in [0.3, 0.4) is 0 Å². The molecule has 8 rings (SSSR count). The number of ketones is 2. The molecule has 0 spiro atoms. The van der Waals surface area contributed by atoms with Crippen molar-refractivity contribution in [3.05, 3.63) is 141 Å². The van der Waals surface area contributed by atoms with Gasteiger partial charge in [0.25, 0.3) is 11.8 Å². The number of nitrogens with zero attached hydrogens (tertiary/aromatic N) is 1. The first-order chi connectivity index (χ1) is 20.5. The van der Waals surface area contributed by atoms with Crippen LogP contribution in [0, 0.1) is 0 Å². The normalized spacial score (nSPS) is 22.7. The molecule has 7 nitrogen and oxygen atoms in total. The van der Waals surface area contributed by atoms with Crippen molar-refractivity contribution in [1.29, 1.82) is 0 Å². The number of carbonyl (C=O) groups excluding carboxylic acids is 4. The summed E-state index contributed by atoms with van der Waals surface area (Å²) in [5.74, 6) is -0.0249. The number of hydrogen-bond donors (Lipinski definition) is 2.